The number of H-pyrrole nitrogens is 1. The lowest BCUT2D eigenvalue weighted by Crippen LogP contribution is -2.38. The maximum atomic E-state index is 13.5. The molecule has 0 unspecified atom stereocenters. The highest BCUT2D eigenvalue weighted by Crippen LogP contribution is 2.33. The molecule has 1 heterocycles. The van der Waals surface area contributed by atoms with Gasteiger partial charge in [0.25, 0.3) is 11.8 Å². The van der Waals surface area contributed by atoms with Gasteiger partial charge in [-0.2, -0.15) is 13.2 Å². The summed E-state index contributed by atoms with van der Waals surface area (Å²) in [6, 6.07) is 14.7. The Morgan fingerprint density at radius 2 is 1.78 bits per heavy atom. The molecule has 11 heteroatoms. The molecule has 0 saturated carbocycles. The Kier molecular flexibility index (Phi) is 7.28. The predicted molar refractivity (Wildman–Crippen MR) is 132 cm³/mol. The van der Waals surface area contributed by atoms with Crippen molar-refractivity contribution < 1.29 is 27.5 Å². The van der Waals surface area contributed by atoms with Crippen LogP contribution < -0.4 is 16.2 Å². The molecule has 0 aliphatic rings. The van der Waals surface area contributed by atoms with E-state index in [-0.39, 0.29) is 24.4 Å². The molecule has 4 aromatic rings. The number of hydrazine groups is 1. The number of aromatic amines is 1. The summed E-state index contributed by atoms with van der Waals surface area (Å²) >= 11 is 0. The monoisotopic (exact) mass is 511 g/mol. The molecule has 37 heavy (non-hydrogen) atoms. The van der Waals surface area contributed by atoms with Crippen molar-refractivity contribution >= 4 is 28.5 Å². The highest BCUT2D eigenvalue weighted by atomic mass is 19.4. The number of hydrogen-bond acceptors (Lipinski definition) is 5. The van der Waals surface area contributed by atoms with E-state index in [0.717, 1.165) is 23.3 Å². The number of fused-ring (bicyclic) bond motifs is 1. The summed E-state index contributed by atoms with van der Waals surface area (Å²) in [5, 5.41) is 3.39. The molecular formula is C26H24F3N5O3. The topological polar surface area (TPSA) is 113 Å². The second kappa shape index (κ2) is 10.4. The quantitative estimate of drug-likeness (QED) is 0.192. The van der Waals surface area contributed by atoms with Crippen molar-refractivity contribution in [1.82, 2.24) is 15.3 Å². The van der Waals surface area contributed by atoms with Crippen LogP contribution in [0.1, 0.15) is 43.2 Å². The van der Waals surface area contributed by atoms with E-state index in [1.807, 2.05) is 31.2 Å². The number of halogens is 3. The number of nitrogens with two attached hydrogens (primary N) is 1. The van der Waals surface area contributed by atoms with Gasteiger partial charge in [-0.15, -0.1) is 0 Å². The number of alkyl halides is 3. The summed E-state index contributed by atoms with van der Waals surface area (Å²) in [5.41, 5.74) is 0.961. The highest BCUT2D eigenvalue weighted by molar-refractivity contribution is 6.10. The Labute approximate surface area is 210 Å². The van der Waals surface area contributed by atoms with Crippen LogP contribution in [-0.4, -0.2) is 28.9 Å². The summed E-state index contributed by atoms with van der Waals surface area (Å²) in [5.74, 6) is 4.84. The van der Waals surface area contributed by atoms with Gasteiger partial charge in [0.1, 0.15) is 17.9 Å². The second-order valence-corrected chi connectivity index (χ2v) is 8.39. The molecule has 4 rings (SSSR count). The van der Waals surface area contributed by atoms with Crippen LogP contribution in [0.15, 0.2) is 60.7 Å². The molecule has 1 aromatic heterocycles. The molecule has 0 bridgehead atoms. The smallest absolute Gasteiger partial charge is 0.377 e. The number of carbonyl (C=O) groups is 2. The molecule has 0 radical (unpaired) electrons. The van der Waals surface area contributed by atoms with Crippen LogP contribution in [0.25, 0.3) is 11.0 Å². The number of aromatic nitrogens is 2. The van der Waals surface area contributed by atoms with Gasteiger partial charge in [-0.3, -0.25) is 9.59 Å². The fourth-order valence-electron chi connectivity index (χ4n) is 3.82. The molecule has 0 fully saturated rings. The first-order valence-corrected chi connectivity index (χ1v) is 11.2. The van der Waals surface area contributed by atoms with Crippen molar-refractivity contribution in [3.8, 4) is 0 Å². The zero-order valence-corrected chi connectivity index (χ0v) is 20.0. The summed E-state index contributed by atoms with van der Waals surface area (Å²) in [7, 11) is 1.48. The minimum absolute atomic E-state index is 0.00239. The lowest BCUT2D eigenvalue weighted by Gasteiger charge is -2.20. The largest absolute Gasteiger partial charge is 0.417 e. The summed E-state index contributed by atoms with van der Waals surface area (Å²) in [4.78, 5) is 33.6. The minimum atomic E-state index is -4.75. The average molecular weight is 512 g/mol. The van der Waals surface area contributed by atoms with Gasteiger partial charge in [0.15, 0.2) is 0 Å². The van der Waals surface area contributed by atoms with E-state index in [2.05, 4.69) is 15.3 Å². The normalized spacial score (nSPS) is 11.5. The Balaban J connectivity index is 1.71. The van der Waals surface area contributed by atoms with Gasteiger partial charge in [-0.25, -0.2) is 15.8 Å². The van der Waals surface area contributed by atoms with E-state index < -0.39 is 29.1 Å². The number of aryl methyl sites for hydroxylation is 1. The van der Waals surface area contributed by atoms with Gasteiger partial charge in [0.05, 0.1) is 27.9 Å². The Bertz CT molecular complexity index is 1450. The van der Waals surface area contributed by atoms with E-state index in [1.54, 1.807) is 0 Å². The Morgan fingerprint density at radius 1 is 1.08 bits per heavy atom. The van der Waals surface area contributed by atoms with E-state index in [4.69, 9.17) is 10.6 Å². The van der Waals surface area contributed by atoms with Crippen molar-refractivity contribution in [2.75, 3.05) is 12.1 Å². The van der Waals surface area contributed by atoms with Crippen molar-refractivity contribution in [1.29, 1.82) is 0 Å². The van der Waals surface area contributed by atoms with Gasteiger partial charge < -0.3 is 15.0 Å². The number of carbonyl (C=O) groups excluding carboxylic acids is 2. The number of methoxy groups -OCH3 is 1. The first-order valence-electron chi connectivity index (χ1n) is 11.2. The SMILES string of the molecule is COCc1nc2c(C(=O)NCc3ccc(C)cc3)cc(N(N)C(=O)c3ccccc3C(F)(F)F)cc2[nH]1. The molecule has 0 aliphatic carbocycles. The standard InChI is InChI=1S/C26H24F3N5O3/c1-15-7-9-16(10-8-15)13-31-24(35)19-11-17(12-21-23(19)33-22(32-21)14-37-2)34(30)25(36)18-5-3-4-6-20(18)26(27,28)29/h3-12H,13-14,30H2,1-2H3,(H,31,35)(H,32,33). The van der Waals surface area contributed by atoms with E-state index in [0.29, 0.717) is 21.9 Å². The van der Waals surface area contributed by atoms with Gasteiger partial charge in [0, 0.05) is 13.7 Å². The maximum absolute atomic E-state index is 13.5. The lowest BCUT2D eigenvalue weighted by molar-refractivity contribution is -0.137. The number of hydrogen-bond donors (Lipinski definition) is 3. The molecule has 0 atom stereocenters. The van der Waals surface area contributed by atoms with Gasteiger partial charge in [0.2, 0.25) is 0 Å². The molecule has 192 valence electrons. The van der Waals surface area contributed by atoms with Crippen LogP contribution >= 0.6 is 0 Å². The molecule has 3 aromatic carbocycles. The van der Waals surface area contributed by atoms with Crippen LogP contribution in [-0.2, 0) is 24.1 Å². The number of nitrogens with one attached hydrogen (secondary N) is 2. The highest BCUT2D eigenvalue weighted by Gasteiger charge is 2.36. The third-order valence-electron chi connectivity index (χ3n) is 5.68. The molecule has 0 saturated heterocycles. The van der Waals surface area contributed by atoms with Crippen molar-refractivity contribution in [3.63, 3.8) is 0 Å². The van der Waals surface area contributed by atoms with Gasteiger partial charge in [-0.1, -0.05) is 42.0 Å². The van der Waals surface area contributed by atoms with Crippen molar-refractivity contribution in [3.05, 3.63) is 94.3 Å². The molecule has 2 amide bonds. The number of anilines is 1. The zero-order chi connectivity index (χ0) is 26.7. The summed E-state index contributed by atoms with van der Waals surface area (Å²) in [6.07, 6.45) is -4.75. The first kappa shape index (κ1) is 25.9. The number of rotatable bonds is 7. The third-order valence-corrected chi connectivity index (χ3v) is 5.68. The fraction of sp³-hybridized carbons (Fsp3) is 0.192. The molecular weight excluding hydrogens is 487 g/mol. The van der Waals surface area contributed by atoms with E-state index in [1.165, 1.54) is 31.4 Å². The zero-order valence-electron chi connectivity index (χ0n) is 20.0. The molecule has 0 spiro atoms. The Hall–Kier alpha value is -4.22. The lowest BCUT2D eigenvalue weighted by atomic mass is 10.1. The van der Waals surface area contributed by atoms with Crippen LogP contribution in [0.5, 0.6) is 0 Å². The van der Waals surface area contributed by atoms with Crippen LogP contribution in [0.4, 0.5) is 18.9 Å². The van der Waals surface area contributed by atoms with Crippen LogP contribution in [0, 0.1) is 6.92 Å². The van der Waals surface area contributed by atoms with Crippen molar-refractivity contribution in [2.45, 2.75) is 26.3 Å². The third kappa shape index (κ3) is 5.63. The molecule has 0 aliphatic heterocycles. The van der Waals surface area contributed by atoms with E-state index >= 15 is 0 Å². The molecule has 8 nitrogen and oxygen atoms in total. The number of amides is 2. The number of ether oxygens (including phenoxy) is 1. The van der Waals surface area contributed by atoms with Crippen LogP contribution in [0.3, 0.4) is 0 Å². The van der Waals surface area contributed by atoms with Crippen molar-refractivity contribution in [2.24, 2.45) is 5.84 Å². The number of nitrogens with zero attached hydrogens (tertiary/aromatic N) is 2. The molecule has 4 N–H and O–H groups in total. The van der Waals surface area contributed by atoms with Crippen LogP contribution in [0.2, 0.25) is 0 Å². The van der Waals surface area contributed by atoms with Gasteiger partial charge in [-0.05, 0) is 36.8 Å². The summed E-state index contributed by atoms with van der Waals surface area (Å²) < 4.78 is 45.6. The fourth-order valence-corrected chi connectivity index (χ4v) is 3.82. The Morgan fingerprint density at radius 3 is 2.46 bits per heavy atom. The van der Waals surface area contributed by atoms with Gasteiger partial charge >= 0.3 is 6.18 Å². The number of benzene rings is 3. The number of imidazole rings is 1. The average Bonchev–Trinajstić information content (AvgIpc) is 3.29. The second-order valence-electron chi connectivity index (χ2n) is 8.39. The maximum Gasteiger partial charge on any atom is 0.417 e. The minimum Gasteiger partial charge on any atom is -0.377 e. The summed E-state index contributed by atoms with van der Waals surface area (Å²) in [6.45, 7) is 2.30. The predicted octanol–water partition coefficient (Wildman–Crippen LogP) is 4.49. The van der Waals surface area contributed by atoms with E-state index in [9.17, 15) is 22.8 Å². The first-order chi connectivity index (χ1) is 17.6.